The maximum Gasteiger partial charge on any atom is 0.404 e. The van der Waals surface area contributed by atoms with E-state index in [9.17, 15) is 9.18 Å². The quantitative estimate of drug-likeness (QED) is 0.701. The van der Waals surface area contributed by atoms with Gasteiger partial charge in [0.25, 0.3) is 0 Å². The summed E-state index contributed by atoms with van der Waals surface area (Å²) in [4.78, 5) is 13.9. The standard InChI is InChI=1S/C8H10FN3O2/c9-6-1-2-7(12-5-6)11-3-4-14-8(10)13/h1-2,5H,3-4H2,(H2,10,13)(H,11,12). The Morgan fingerprint density at radius 1 is 1.64 bits per heavy atom. The summed E-state index contributed by atoms with van der Waals surface area (Å²) < 4.78 is 16.9. The molecule has 1 heterocycles. The fourth-order valence-electron chi connectivity index (χ4n) is 0.811. The van der Waals surface area contributed by atoms with Crippen molar-refractivity contribution >= 4 is 11.9 Å². The number of halogens is 1. The molecule has 1 rings (SSSR count). The molecule has 0 aromatic carbocycles. The third-order valence-corrected chi connectivity index (χ3v) is 1.38. The molecule has 1 aromatic rings. The normalized spacial score (nSPS) is 9.50. The average Bonchev–Trinajstić information content (AvgIpc) is 2.15. The Bertz CT molecular complexity index is 302. The van der Waals surface area contributed by atoms with Crippen molar-refractivity contribution in [1.82, 2.24) is 4.98 Å². The number of pyridine rings is 1. The number of primary amides is 1. The number of anilines is 1. The third kappa shape index (κ3) is 3.70. The number of nitrogens with one attached hydrogen (secondary N) is 1. The molecule has 0 saturated heterocycles. The van der Waals surface area contributed by atoms with Crippen molar-refractivity contribution < 1.29 is 13.9 Å². The third-order valence-electron chi connectivity index (χ3n) is 1.38. The second-order valence-corrected chi connectivity index (χ2v) is 2.46. The fraction of sp³-hybridized carbons (Fsp3) is 0.250. The van der Waals surface area contributed by atoms with Crippen LogP contribution in [0.1, 0.15) is 0 Å². The van der Waals surface area contributed by atoms with Crippen LogP contribution in [0.4, 0.5) is 15.0 Å². The van der Waals surface area contributed by atoms with E-state index in [1.807, 2.05) is 0 Å². The van der Waals surface area contributed by atoms with Gasteiger partial charge in [0.1, 0.15) is 18.2 Å². The maximum atomic E-state index is 12.4. The summed E-state index contributed by atoms with van der Waals surface area (Å²) in [6.07, 6.45) is 0.274. The number of carbonyl (C=O) groups excluding carboxylic acids is 1. The van der Waals surface area contributed by atoms with Crippen LogP contribution in [0.3, 0.4) is 0 Å². The van der Waals surface area contributed by atoms with E-state index in [2.05, 4.69) is 15.0 Å². The van der Waals surface area contributed by atoms with Crippen LogP contribution in [0, 0.1) is 5.82 Å². The van der Waals surface area contributed by atoms with Gasteiger partial charge >= 0.3 is 6.09 Å². The predicted molar refractivity (Wildman–Crippen MR) is 48.2 cm³/mol. The van der Waals surface area contributed by atoms with Gasteiger partial charge in [-0.25, -0.2) is 14.2 Å². The SMILES string of the molecule is NC(=O)OCCNc1ccc(F)cn1. The van der Waals surface area contributed by atoms with E-state index in [-0.39, 0.29) is 6.61 Å². The van der Waals surface area contributed by atoms with Gasteiger partial charge in [0.15, 0.2) is 0 Å². The van der Waals surface area contributed by atoms with Crippen LogP contribution < -0.4 is 11.1 Å². The Kier molecular flexibility index (Phi) is 3.66. The molecule has 14 heavy (non-hydrogen) atoms. The number of hydrogen-bond acceptors (Lipinski definition) is 4. The average molecular weight is 199 g/mol. The van der Waals surface area contributed by atoms with Crippen molar-refractivity contribution in [2.24, 2.45) is 5.73 Å². The van der Waals surface area contributed by atoms with Crippen LogP contribution in [-0.2, 0) is 4.74 Å². The Labute approximate surface area is 80.1 Å². The smallest absolute Gasteiger partial charge is 0.404 e. The van der Waals surface area contributed by atoms with Gasteiger partial charge in [-0.3, -0.25) is 0 Å². The van der Waals surface area contributed by atoms with Crippen molar-refractivity contribution in [2.45, 2.75) is 0 Å². The molecule has 1 amide bonds. The zero-order valence-electron chi connectivity index (χ0n) is 7.37. The van der Waals surface area contributed by atoms with Crippen LogP contribution in [0.5, 0.6) is 0 Å². The van der Waals surface area contributed by atoms with Crippen LogP contribution in [-0.4, -0.2) is 24.2 Å². The highest BCUT2D eigenvalue weighted by Gasteiger charge is 1.95. The maximum absolute atomic E-state index is 12.4. The van der Waals surface area contributed by atoms with E-state index in [0.717, 1.165) is 6.20 Å². The van der Waals surface area contributed by atoms with Crippen LogP contribution >= 0.6 is 0 Å². The first kappa shape index (κ1) is 10.2. The number of nitrogens with two attached hydrogens (primary N) is 1. The van der Waals surface area contributed by atoms with Crippen LogP contribution in [0.15, 0.2) is 18.3 Å². The largest absolute Gasteiger partial charge is 0.448 e. The molecule has 0 aliphatic rings. The highest BCUT2D eigenvalue weighted by atomic mass is 19.1. The zero-order chi connectivity index (χ0) is 10.4. The summed E-state index contributed by atoms with van der Waals surface area (Å²) in [5.41, 5.74) is 4.74. The van der Waals surface area contributed by atoms with Crippen molar-refractivity contribution in [3.8, 4) is 0 Å². The van der Waals surface area contributed by atoms with Crippen LogP contribution in [0.2, 0.25) is 0 Å². The topological polar surface area (TPSA) is 77.2 Å². The first-order chi connectivity index (χ1) is 6.68. The predicted octanol–water partition coefficient (Wildman–Crippen LogP) is 0.728. The Balaban J connectivity index is 2.25. The van der Waals surface area contributed by atoms with Gasteiger partial charge in [-0.1, -0.05) is 0 Å². The Hall–Kier alpha value is -1.85. The number of carbonyl (C=O) groups is 1. The minimum absolute atomic E-state index is 0.147. The zero-order valence-corrected chi connectivity index (χ0v) is 7.37. The first-order valence-corrected chi connectivity index (χ1v) is 3.96. The lowest BCUT2D eigenvalue weighted by atomic mass is 10.4. The molecule has 76 valence electrons. The Morgan fingerprint density at radius 3 is 3.00 bits per heavy atom. The molecular formula is C8H10FN3O2. The molecule has 5 nitrogen and oxygen atoms in total. The van der Waals surface area contributed by atoms with Gasteiger partial charge in [0.05, 0.1) is 12.7 Å². The lowest BCUT2D eigenvalue weighted by molar-refractivity contribution is 0.161. The van der Waals surface area contributed by atoms with Gasteiger partial charge in [-0.05, 0) is 12.1 Å². The van der Waals surface area contributed by atoms with Gasteiger partial charge < -0.3 is 15.8 Å². The van der Waals surface area contributed by atoms with E-state index in [4.69, 9.17) is 5.73 Å². The highest BCUT2D eigenvalue weighted by molar-refractivity contribution is 5.64. The van der Waals surface area contributed by atoms with Crippen molar-refractivity contribution in [2.75, 3.05) is 18.5 Å². The highest BCUT2D eigenvalue weighted by Crippen LogP contribution is 2.02. The first-order valence-electron chi connectivity index (χ1n) is 3.96. The summed E-state index contributed by atoms with van der Waals surface area (Å²) in [6.45, 7) is 0.524. The van der Waals surface area contributed by atoms with E-state index in [0.29, 0.717) is 12.4 Å². The molecule has 0 aliphatic heterocycles. The summed E-state index contributed by atoms with van der Waals surface area (Å²) in [6, 6.07) is 2.77. The monoisotopic (exact) mass is 199 g/mol. The molecule has 0 fully saturated rings. The molecule has 0 spiro atoms. The van der Waals surface area contributed by atoms with E-state index < -0.39 is 11.9 Å². The lowest BCUT2D eigenvalue weighted by Crippen LogP contribution is -2.18. The minimum atomic E-state index is -0.820. The molecule has 0 atom stereocenters. The number of ether oxygens (including phenoxy) is 1. The summed E-state index contributed by atoms with van der Waals surface area (Å²) >= 11 is 0. The summed E-state index contributed by atoms with van der Waals surface area (Å²) in [5.74, 6) is 0.114. The second-order valence-electron chi connectivity index (χ2n) is 2.46. The number of aromatic nitrogens is 1. The van der Waals surface area contributed by atoms with Gasteiger partial charge in [-0.15, -0.1) is 0 Å². The van der Waals surface area contributed by atoms with Crippen LogP contribution in [0.25, 0.3) is 0 Å². The molecule has 0 bridgehead atoms. The molecular weight excluding hydrogens is 189 g/mol. The van der Waals surface area contributed by atoms with E-state index in [1.165, 1.54) is 12.1 Å². The van der Waals surface area contributed by atoms with Gasteiger partial charge in [0, 0.05) is 0 Å². The summed E-state index contributed by atoms with van der Waals surface area (Å²) in [7, 11) is 0. The molecule has 0 saturated carbocycles. The van der Waals surface area contributed by atoms with Gasteiger partial charge in [-0.2, -0.15) is 0 Å². The molecule has 6 heteroatoms. The van der Waals surface area contributed by atoms with Crippen molar-refractivity contribution in [3.63, 3.8) is 0 Å². The number of nitrogens with zero attached hydrogens (tertiary/aromatic N) is 1. The molecule has 1 aromatic heterocycles. The van der Waals surface area contributed by atoms with E-state index in [1.54, 1.807) is 0 Å². The number of amides is 1. The van der Waals surface area contributed by atoms with E-state index >= 15 is 0 Å². The lowest BCUT2D eigenvalue weighted by Gasteiger charge is -2.04. The fourth-order valence-corrected chi connectivity index (χ4v) is 0.811. The van der Waals surface area contributed by atoms with Crippen molar-refractivity contribution in [3.05, 3.63) is 24.1 Å². The second kappa shape index (κ2) is 5.00. The molecule has 0 aliphatic carbocycles. The molecule has 0 unspecified atom stereocenters. The summed E-state index contributed by atoms with van der Waals surface area (Å²) in [5, 5.41) is 2.82. The van der Waals surface area contributed by atoms with Crippen molar-refractivity contribution in [1.29, 1.82) is 0 Å². The Morgan fingerprint density at radius 2 is 2.43 bits per heavy atom. The molecule has 3 N–H and O–H groups in total. The van der Waals surface area contributed by atoms with Gasteiger partial charge in [0.2, 0.25) is 0 Å². The number of rotatable bonds is 4. The number of hydrogen-bond donors (Lipinski definition) is 2. The minimum Gasteiger partial charge on any atom is -0.448 e. The molecule has 0 radical (unpaired) electrons.